The van der Waals surface area contributed by atoms with Gasteiger partial charge in [-0.2, -0.15) is 0 Å². The first-order valence-corrected chi connectivity index (χ1v) is 15.7. The molecule has 2 aromatic heterocycles. The maximum Gasteiger partial charge on any atom is 0.0978 e. The summed E-state index contributed by atoms with van der Waals surface area (Å²) < 4.78 is 0. The predicted molar refractivity (Wildman–Crippen MR) is 194 cm³/mol. The molecule has 46 heavy (non-hydrogen) atoms. The number of pyridine rings is 2. The first-order chi connectivity index (χ1) is 22.8. The van der Waals surface area contributed by atoms with E-state index < -0.39 is 0 Å². The molecule has 0 bridgehead atoms. The zero-order valence-corrected chi connectivity index (χ0v) is 25.1. The van der Waals surface area contributed by atoms with Gasteiger partial charge < -0.3 is 0 Å². The summed E-state index contributed by atoms with van der Waals surface area (Å²) in [6.07, 6.45) is 1.91. The highest BCUT2D eigenvalue weighted by atomic mass is 14.8. The van der Waals surface area contributed by atoms with Crippen LogP contribution < -0.4 is 0 Å². The molecule has 0 spiro atoms. The van der Waals surface area contributed by atoms with Gasteiger partial charge in [0.05, 0.1) is 16.7 Å². The Kier molecular flexibility index (Phi) is 6.17. The Morgan fingerprint density at radius 2 is 0.935 bits per heavy atom. The topological polar surface area (TPSA) is 25.8 Å². The summed E-state index contributed by atoms with van der Waals surface area (Å²) in [4.78, 5) is 10.5. The van der Waals surface area contributed by atoms with Crippen molar-refractivity contribution in [1.82, 2.24) is 9.97 Å². The van der Waals surface area contributed by atoms with Crippen molar-refractivity contribution in [1.29, 1.82) is 0 Å². The largest absolute Gasteiger partial charge is 0.254 e. The molecular formula is C44H28N2. The van der Waals surface area contributed by atoms with E-state index in [0.29, 0.717) is 0 Å². The first-order valence-electron chi connectivity index (χ1n) is 15.7. The number of nitrogens with zero attached hydrogens (tertiary/aromatic N) is 2. The standard InChI is InChI=1S/C44H28N2/c1-4-12-29(13-5-1)32-20-21-36-34-19-11-10-18-33(34)27-41(40(36)26-32)42-28-39(31-16-8-3-9-17-31)38-23-22-37-35(30-14-6-2-7-15-30)24-25-45-43(37)44(38)46-42/h1-28H. The minimum Gasteiger partial charge on any atom is -0.254 e. The van der Waals surface area contributed by atoms with Crippen LogP contribution in [0, 0.1) is 0 Å². The van der Waals surface area contributed by atoms with Crippen LogP contribution in [0.4, 0.5) is 0 Å². The molecule has 0 aliphatic heterocycles. The van der Waals surface area contributed by atoms with Gasteiger partial charge in [0.25, 0.3) is 0 Å². The molecule has 0 N–H and O–H groups in total. The predicted octanol–water partition coefficient (Wildman–Crippen LogP) is 11.8. The molecule has 0 saturated carbocycles. The van der Waals surface area contributed by atoms with Crippen LogP contribution in [0.5, 0.6) is 0 Å². The lowest BCUT2D eigenvalue weighted by molar-refractivity contribution is 1.37. The number of fused-ring (bicyclic) bond motifs is 6. The summed E-state index contributed by atoms with van der Waals surface area (Å²) in [7, 11) is 0. The number of hydrogen-bond donors (Lipinski definition) is 0. The Hall–Kier alpha value is -6.12. The zero-order chi connectivity index (χ0) is 30.5. The second kappa shape index (κ2) is 10.8. The third-order valence-corrected chi connectivity index (χ3v) is 9.10. The highest BCUT2D eigenvalue weighted by Crippen LogP contribution is 2.41. The minimum absolute atomic E-state index is 0.909. The van der Waals surface area contributed by atoms with Crippen LogP contribution in [-0.2, 0) is 0 Å². The lowest BCUT2D eigenvalue weighted by atomic mass is 9.90. The highest BCUT2D eigenvalue weighted by Gasteiger charge is 2.17. The maximum absolute atomic E-state index is 5.49. The van der Waals surface area contributed by atoms with Gasteiger partial charge in [0.1, 0.15) is 0 Å². The molecule has 214 valence electrons. The Morgan fingerprint density at radius 1 is 0.326 bits per heavy atom. The molecule has 7 aromatic carbocycles. The fraction of sp³-hybridized carbons (Fsp3) is 0. The van der Waals surface area contributed by atoms with E-state index in [2.05, 4.69) is 164 Å². The van der Waals surface area contributed by atoms with Crippen LogP contribution in [0.2, 0.25) is 0 Å². The molecule has 0 radical (unpaired) electrons. The molecule has 2 heterocycles. The van der Waals surface area contributed by atoms with Gasteiger partial charge in [0, 0.05) is 22.5 Å². The van der Waals surface area contributed by atoms with Crippen molar-refractivity contribution in [3.63, 3.8) is 0 Å². The van der Waals surface area contributed by atoms with Crippen LogP contribution in [0.15, 0.2) is 170 Å². The van der Waals surface area contributed by atoms with Crippen molar-refractivity contribution < 1.29 is 0 Å². The number of rotatable bonds is 4. The minimum atomic E-state index is 0.909. The van der Waals surface area contributed by atoms with Gasteiger partial charge >= 0.3 is 0 Å². The summed E-state index contributed by atoms with van der Waals surface area (Å²) >= 11 is 0. The second-order valence-corrected chi connectivity index (χ2v) is 11.8. The Labute approximate surface area is 267 Å². The molecule has 2 heteroatoms. The number of benzene rings is 7. The fourth-order valence-corrected chi connectivity index (χ4v) is 6.89. The van der Waals surface area contributed by atoms with Gasteiger partial charge in [-0.25, -0.2) is 4.98 Å². The van der Waals surface area contributed by atoms with Crippen molar-refractivity contribution in [3.05, 3.63) is 170 Å². The van der Waals surface area contributed by atoms with Crippen LogP contribution in [0.3, 0.4) is 0 Å². The highest BCUT2D eigenvalue weighted by molar-refractivity contribution is 6.16. The van der Waals surface area contributed by atoms with Crippen LogP contribution >= 0.6 is 0 Å². The zero-order valence-electron chi connectivity index (χ0n) is 25.1. The number of hydrogen-bond acceptors (Lipinski definition) is 2. The summed E-state index contributed by atoms with van der Waals surface area (Å²) in [5.41, 5.74) is 10.9. The first kappa shape index (κ1) is 26.3. The van der Waals surface area contributed by atoms with Crippen LogP contribution in [0.1, 0.15) is 0 Å². The average molecular weight is 585 g/mol. The van der Waals surface area contributed by atoms with Gasteiger partial charge in [-0.3, -0.25) is 4.98 Å². The SMILES string of the molecule is c1ccc(-c2ccc3c(c2)c(-c2cc(-c4ccccc4)c4ccc5c(-c6ccccc6)ccnc5c4n2)cc2ccccc23)cc1. The fourth-order valence-electron chi connectivity index (χ4n) is 6.89. The van der Waals surface area contributed by atoms with Crippen molar-refractivity contribution in [2.45, 2.75) is 0 Å². The molecule has 9 rings (SSSR count). The molecule has 0 amide bonds. The molecule has 0 aliphatic rings. The second-order valence-electron chi connectivity index (χ2n) is 11.8. The third kappa shape index (κ3) is 4.35. The Morgan fingerprint density at radius 3 is 1.67 bits per heavy atom. The monoisotopic (exact) mass is 584 g/mol. The van der Waals surface area contributed by atoms with E-state index in [4.69, 9.17) is 9.97 Å². The Balaban J connectivity index is 1.39. The molecule has 0 saturated heterocycles. The van der Waals surface area contributed by atoms with E-state index in [9.17, 15) is 0 Å². The summed E-state index contributed by atoms with van der Waals surface area (Å²) in [6, 6.07) is 58.4. The smallest absolute Gasteiger partial charge is 0.0978 e. The van der Waals surface area contributed by atoms with Gasteiger partial charge in [0.2, 0.25) is 0 Å². The number of aromatic nitrogens is 2. The van der Waals surface area contributed by atoms with Gasteiger partial charge in [-0.05, 0) is 79.2 Å². The normalized spacial score (nSPS) is 11.5. The molecule has 0 atom stereocenters. The quantitative estimate of drug-likeness (QED) is 0.192. The van der Waals surface area contributed by atoms with Gasteiger partial charge in [0.15, 0.2) is 0 Å². The van der Waals surface area contributed by atoms with Crippen LogP contribution in [0.25, 0.3) is 88.0 Å². The molecular weight excluding hydrogens is 556 g/mol. The lowest BCUT2D eigenvalue weighted by Crippen LogP contribution is -1.95. The molecule has 0 fully saturated rings. The summed E-state index contributed by atoms with van der Waals surface area (Å²) in [5, 5.41) is 7.03. The van der Waals surface area contributed by atoms with Crippen molar-refractivity contribution in [2.75, 3.05) is 0 Å². The van der Waals surface area contributed by atoms with E-state index in [1.807, 2.05) is 6.20 Å². The molecule has 0 aliphatic carbocycles. The molecule has 2 nitrogen and oxygen atoms in total. The summed E-state index contributed by atoms with van der Waals surface area (Å²) in [5.74, 6) is 0. The average Bonchev–Trinajstić information content (AvgIpc) is 3.14. The molecule has 9 aromatic rings. The van der Waals surface area contributed by atoms with Gasteiger partial charge in [-0.1, -0.05) is 140 Å². The van der Waals surface area contributed by atoms with E-state index >= 15 is 0 Å². The van der Waals surface area contributed by atoms with Crippen molar-refractivity contribution >= 4 is 43.4 Å². The van der Waals surface area contributed by atoms with E-state index in [1.54, 1.807) is 0 Å². The van der Waals surface area contributed by atoms with Crippen molar-refractivity contribution in [2.24, 2.45) is 0 Å². The van der Waals surface area contributed by atoms with E-state index in [0.717, 1.165) is 49.8 Å². The lowest BCUT2D eigenvalue weighted by Gasteiger charge is -2.16. The maximum atomic E-state index is 5.49. The Bertz CT molecular complexity index is 2560. The van der Waals surface area contributed by atoms with Crippen molar-refractivity contribution in [3.8, 4) is 44.6 Å². The van der Waals surface area contributed by atoms with E-state index in [1.165, 1.54) is 38.2 Å². The summed E-state index contributed by atoms with van der Waals surface area (Å²) in [6.45, 7) is 0. The molecule has 0 unspecified atom stereocenters. The van der Waals surface area contributed by atoms with Gasteiger partial charge in [-0.15, -0.1) is 0 Å². The third-order valence-electron chi connectivity index (χ3n) is 9.10. The van der Waals surface area contributed by atoms with E-state index in [-0.39, 0.29) is 0 Å². The van der Waals surface area contributed by atoms with Crippen LogP contribution in [-0.4, -0.2) is 9.97 Å².